The van der Waals surface area contributed by atoms with Crippen LogP contribution in [0.4, 0.5) is 33.6 Å². The van der Waals surface area contributed by atoms with Crippen LogP contribution in [-0.2, 0) is 0 Å². The number of fused-ring (bicyclic) bond motifs is 2. The number of hydrogen-bond acceptors (Lipinski definition) is 7. The second-order valence-electron chi connectivity index (χ2n) is 8.79. The molecule has 33 heavy (non-hydrogen) atoms. The second-order valence-corrected chi connectivity index (χ2v) is 8.79. The maximum atomic E-state index is 12.9. The Morgan fingerprint density at radius 2 is 2.06 bits per heavy atom. The van der Waals surface area contributed by atoms with Crippen molar-refractivity contribution in [1.29, 1.82) is 0 Å². The molecule has 1 fully saturated rings. The van der Waals surface area contributed by atoms with Gasteiger partial charge in [0.05, 0.1) is 17.1 Å². The van der Waals surface area contributed by atoms with E-state index in [1.807, 2.05) is 20.9 Å². The Balaban J connectivity index is 1.61. The van der Waals surface area contributed by atoms with Gasteiger partial charge < -0.3 is 31.1 Å². The molecule has 0 spiro atoms. The number of aromatic nitrogens is 2. The van der Waals surface area contributed by atoms with Crippen molar-refractivity contribution in [3.05, 3.63) is 30.0 Å². The van der Waals surface area contributed by atoms with Crippen molar-refractivity contribution in [2.45, 2.75) is 45.2 Å². The zero-order chi connectivity index (χ0) is 23.5. The zero-order valence-corrected chi connectivity index (χ0v) is 19.6. The number of piperidine rings is 1. The van der Waals surface area contributed by atoms with Crippen LogP contribution >= 0.6 is 0 Å². The summed E-state index contributed by atoms with van der Waals surface area (Å²) in [6.45, 7) is 6.01. The van der Waals surface area contributed by atoms with Gasteiger partial charge in [0, 0.05) is 25.3 Å². The molecule has 3 heterocycles. The molecule has 1 saturated heterocycles. The highest BCUT2D eigenvalue weighted by Gasteiger charge is 2.27. The highest BCUT2D eigenvalue weighted by molar-refractivity contribution is 6.13. The van der Waals surface area contributed by atoms with Gasteiger partial charge in [0.2, 0.25) is 5.95 Å². The summed E-state index contributed by atoms with van der Waals surface area (Å²) >= 11 is 0. The van der Waals surface area contributed by atoms with Crippen molar-refractivity contribution in [3.8, 4) is 0 Å². The normalized spacial score (nSPS) is 17.0. The number of carbonyl (C=O) groups excluding carboxylic acids is 2. The van der Waals surface area contributed by atoms with Crippen LogP contribution in [0.2, 0.25) is 0 Å². The summed E-state index contributed by atoms with van der Waals surface area (Å²) in [5, 5.41) is 11.9. The number of amides is 3. The molecule has 0 aliphatic carbocycles. The number of carbonyl (C=O) groups is 2. The molecule has 176 valence electrons. The molecule has 2 aromatic rings. The summed E-state index contributed by atoms with van der Waals surface area (Å²) in [5.41, 5.74) is 2.03. The lowest BCUT2D eigenvalue weighted by Crippen LogP contribution is -2.42. The largest absolute Gasteiger partial charge is 0.341 e. The maximum Gasteiger partial charge on any atom is 0.319 e. The van der Waals surface area contributed by atoms with Gasteiger partial charge in [0.15, 0.2) is 0 Å². The molecule has 2 aliphatic heterocycles. The summed E-state index contributed by atoms with van der Waals surface area (Å²) in [4.78, 5) is 38.9. The lowest BCUT2D eigenvalue weighted by molar-refractivity contribution is 0.102. The highest BCUT2D eigenvalue weighted by atomic mass is 16.2. The average molecular weight is 453 g/mol. The first-order valence-electron chi connectivity index (χ1n) is 11.4. The number of anilines is 5. The Kier molecular flexibility index (Phi) is 6.64. The van der Waals surface area contributed by atoms with Crippen LogP contribution in [0.3, 0.4) is 0 Å². The van der Waals surface area contributed by atoms with Crippen molar-refractivity contribution in [3.63, 3.8) is 0 Å². The number of para-hydroxylation sites is 1. The fraction of sp³-hybridized carbons (Fsp3) is 0.478. The predicted molar refractivity (Wildman–Crippen MR) is 131 cm³/mol. The van der Waals surface area contributed by atoms with Crippen molar-refractivity contribution in [2.24, 2.45) is 0 Å². The Bertz CT molecular complexity index is 1040. The first-order chi connectivity index (χ1) is 15.9. The minimum absolute atomic E-state index is 0.0473. The van der Waals surface area contributed by atoms with E-state index in [4.69, 9.17) is 4.98 Å². The minimum atomic E-state index is -0.305. The Labute approximate surface area is 194 Å². The van der Waals surface area contributed by atoms with E-state index < -0.39 is 0 Å². The molecule has 0 saturated carbocycles. The van der Waals surface area contributed by atoms with Crippen LogP contribution in [0.5, 0.6) is 0 Å². The van der Waals surface area contributed by atoms with Crippen molar-refractivity contribution < 1.29 is 9.59 Å². The molecule has 10 nitrogen and oxygen atoms in total. The van der Waals surface area contributed by atoms with Crippen LogP contribution in [-0.4, -0.2) is 66.1 Å². The van der Waals surface area contributed by atoms with Gasteiger partial charge in [0.25, 0.3) is 5.91 Å². The van der Waals surface area contributed by atoms with Gasteiger partial charge in [-0.15, -0.1) is 0 Å². The van der Waals surface area contributed by atoms with E-state index in [9.17, 15) is 9.59 Å². The molecule has 4 N–H and O–H groups in total. The van der Waals surface area contributed by atoms with Crippen molar-refractivity contribution in [2.75, 3.05) is 48.0 Å². The van der Waals surface area contributed by atoms with Crippen molar-refractivity contribution >= 4 is 40.8 Å². The fourth-order valence-corrected chi connectivity index (χ4v) is 4.04. The van der Waals surface area contributed by atoms with Gasteiger partial charge in [-0.05, 0) is 58.5 Å². The standard InChI is InChI=1S/C23H32N8O2/c1-5-14(2)25-23(33)27-18-8-6-7-17-19(18)28-20-16(21(32)26-17)13-24-22(29-20)31(4)15-9-11-30(3)12-10-15/h6-8,13-15H,5,9-12H2,1-4H3,(H,26,32)(H,24,28,29)(H2,25,27,33). The first-order valence-corrected chi connectivity index (χ1v) is 11.4. The molecular weight excluding hydrogens is 420 g/mol. The van der Waals surface area contributed by atoms with Crippen LogP contribution in [0.15, 0.2) is 24.4 Å². The van der Waals surface area contributed by atoms with Gasteiger partial charge >= 0.3 is 6.03 Å². The number of hydrogen-bond donors (Lipinski definition) is 4. The Morgan fingerprint density at radius 3 is 2.79 bits per heavy atom. The predicted octanol–water partition coefficient (Wildman–Crippen LogP) is 3.24. The van der Waals surface area contributed by atoms with E-state index in [1.165, 1.54) is 0 Å². The highest BCUT2D eigenvalue weighted by Crippen LogP contribution is 2.37. The summed E-state index contributed by atoms with van der Waals surface area (Å²) in [7, 11) is 4.12. The minimum Gasteiger partial charge on any atom is -0.341 e. The summed E-state index contributed by atoms with van der Waals surface area (Å²) in [5.74, 6) is 0.672. The van der Waals surface area contributed by atoms with Gasteiger partial charge in [-0.1, -0.05) is 13.0 Å². The molecule has 0 bridgehead atoms. The van der Waals surface area contributed by atoms with Gasteiger partial charge in [0.1, 0.15) is 11.4 Å². The topological polar surface area (TPSA) is 115 Å². The molecule has 1 aromatic heterocycles. The fourth-order valence-electron chi connectivity index (χ4n) is 4.04. The monoisotopic (exact) mass is 452 g/mol. The van der Waals surface area contributed by atoms with Gasteiger partial charge in [-0.3, -0.25) is 4.79 Å². The second kappa shape index (κ2) is 9.62. The molecule has 10 heteroatoms. The molecule has 1 atom stereocenters. The third-order valence-electron chi connectivity index (χ3n) is 6.37. The molecular formula is C23H32N8O2. The summed E-state index contributed by atoms with van der Waals surface area (Å²) in [6.07, 6.45) is 4.44. The van der Waals surface area contributed by atoms with E-state index in [1.54, 1.807) is 24.4 Å². The number of nitrogens with one attached hydrogen (secondary N) is 4. The molecule has 0 radical (unpaired) electrons. The third-order valence-corrected chi connectivity index (χ3v) is 6.37. The molecule has 4 rings (SSSR count). The number of urea groups is 1. The number of likely N-dealkylation sites (tertiary alicyclic amines) is 1. The van der Waals surface area contributed by atoms with E-state index in [-0.39, 0.29) is 18.0 Å². The summed E-state index contributed by atoms with van der Waals surface area (Å²) < 4.78 is 0. The third kappa shape index (κ3) is 5.00. The lowest BCUT2D eigenvalue weighted by Gasteiger charge is -2.35. The van der Waals surface area contributed by atoms with E-state index >= 15 is 0 Å². The molecule has 1 aromatic carbocycles. The summed E-state index contributed by atoms with van der Waals surface area (Å²) in [6, 6.07) is 5.43. The average Bonchev–Trinajstić information content (AvgIpc) is 2.95. The van der Waals surface area contributed by atoms with Crippen molar-refractivity contribution in [1.82, 2.24) is 20.2 Å². The first kappa shape index (κ1) is 22.8. The smallest absolute Gasteiger partial charge is 0.319 e. The molecule has 2 aliphatic rings. The number of nitrogens with zero attached hydrogens (tertiary/aromatic N) is 4. The molecule has 1 unspecified atom stereocenters. The van der Waals surface area contributed by atoms with E-state index in [0.29, 0.717) is 40.4 Å². The van der Waals surface area contributed by atoms with Crippen LogP contribution in [0, 0.1) is 0 Å². The Hall–Kier alpha value is -3.40. The van der Waals surface area contributed by atoms with Crippen LogP contribution < -0.4 is 26.2 Å². The van der Waals surface area contributed by atoms with E-state index in [0.717, 1.165) is 32.4 Å². The van der Waals surface area contributed by atoms with E-state index in [2.05, 4.69) is 43.1 Å². The number of rotatable bonds is 5. The lowest BCUT2D eigenvalue weighted by atomic mass is 10.0. The SMILES string of the molecule is CCC(C)NC(=O)Nc1cccc2c1Nc1nc(N(C)C3CCN(C)CC3)ncc1C(=O)N2. The number of benzene rings is 1. The van der Waals surface area contributed by atoms with Gasteiger partial charge in [-0.2, -0.15) is 4.98 Å². The maximum absolute atomic E-state index is 12.9. The van der Waals surface area contributed by atoms with Crippen LogP contribution in [0.25, 0.3) is 0 Å². The molecule has 3 amide bonds. The van der Waals surface area contributed by atoms with Crippen LogP contribution in [0.1, 0.15) is 43.5 Å². The quantitative estimate of drug-likeness (QED) is 0.551. The Morgan fingerprint density at radius 1 is 1.30 bits per heavy atom. The van der Waals surface area contributed by atoms with Gasteiger partial charge in [-0.25, -0.2) is 9.78 Å². The zero-order valence-electron chi connectivity index (χ0n) is 19.6.